The molecule has 1 unspecified atom stereocenters. The van der Waals surface area contributed by atoms with Crippen molar-refractivity contribution in [3.8, 4) is 5.75 Å². The topological polar surface area (TPSA) is 53.0 Å². The van der Waals surface area contributed by atoms with Crippen LogP contribution in [0.5, 0.6) is 5.75 Å². The molecular formula is C23H27FN2O3. The number of likely N-dealkylation sites (tertiary alicyclic amines) is 1. The molecule has 4 rings (SSSR count). The minimum atomic E-state index is -0.383. The van der Waals surface area contributed by atoms with Crippen LogP contribution in [0.2, 0.25) is 0 Å². The van der Waals surface area contributed by atoms with E-state index in [1.807, 2.05) is 19.1 Å². The number of anilines is 1. The Morgan fingerprint density at radius 3 is 2.69 bits per heavy atom. The average Bonchev–Trinajstić information content (AvgIpc) is 2.89. The van der Waals surface area contributed by atoms with E-state index >= 15 is 0 Å². The number of aryl methyl sites for hydroxylation is 1. The maximum absolute atomic E-state index is 13.3. The molecule has 2 aromatic carbocycles. The minimum absolute atomic E-state index is 0.0517. The third kappa shape index (κ3) is 4.43. The molecule has 2 aliphatic heterocycles. The normalized spacial score (nSPS) is 23.4. The Morgan fingerprint density at radius 1 is 1.14 bits per heavy atom. The second kappa shape index (κ2) is 8.13. The summed E-state index contributed by atoms with van der Waals surface area (Å²) in [5, 5.41) is 10.2. The number of amides is 1. The van der Waals surface area contributed by atoms with Crippen molar-refractivity contribution in [2.75, 3.05) is 31.1 Å². The van der Waals surface area contributed by atoms with E-state index in [0.29, 0.717) is 24.5 Å². The molecule has 2 aromatic rings. The largest absolute Gasteiger partial charge is 0.508 e. The summed E-state index contributed by atoms with van der Waals surface area (Å²) in [6.07, 6.45) is 2.64. The first-order valence-corrected chi connectivity index (χ1v) is 10.1. The van der Waals surface area contributed by atoms with Gasteiger partial charge in [0.1, 0.15) is 18.2 Å². The van der Waals surface area contributed by atoms with Crippen molar-refractivity contribution in [3.63, 3.8) is 0 Å². The molecule has 0 radical (unpaired) electrons. The Balaban J connectivity index is 1.45. The molecule has 29 heavy (non-hydrogen) atoms. The van der Waals surface area contributed by atoms with Crippen molar-refractivity contribution in [1.82, 2.24) is 4.90 Å². The summed E-state index contributed by atoms with van der Waals surface area (Å²) in [6, 6.07) is 11.9. The summed E-state index contributed by atoms with van der Waals surface area (Å²) in [5.74, 6) is -0.0625. The summed E-state index contributed by atoms with van der Waals surface area (Å²) in [6.45, 7) is 4.95. The highest BCUT2D eigenvalue weighted by Crippen LogP contribution is 2.33. The fourth-order valence-corrected chi connectivity index (χ4v) is 4.30. The predicted octanol–water partition coefficient (Wildman–Crippen LogP) is 3.63. The van der Waals surface area contributed by atoms with Crippen molar-refractivity contribution >= 4 is 11.6 Å². The molecule has 2 heterocycles. The maximum Gasteiger partial charge on any atom is 0.253 e. The van der Waals surface area contributed by atoms with Gasteiger partial charge in [0.25, 0.3) is 5.91 Å². The number of nitrogens with zero attached hydrogens (tertiary/aromatic N) is 2. The number of hydrogen-bond donors (Lipinski definition) is 1. The van der Waals surface area contributed by atoms with Gasteiger partial charge in [-0.3, -0.25) is 9.69 Å². The molecule has 154 valence electrons. The fraction of sp³-hybridized carbons (Fsp3) is 0.435. The highest BCUT2D eigenvalue weighted by Gasteiger charge is 2.41. The zero-order valence-electron chi connectivity index (χ0n) is 16.7. The van der Waals surface area contributed by atoms with Gasteiger partial charge < -0.3 is 14.7 Å². The molecule has 2 fully saturated rings. The second-order valence-electron chi connectivity index (χ2n) is 8.19. The number of phenols is 1. The quantitative estimate of drug-likeness (QED) is 0.858. The zero-order valence-corrected chi connectivity index (χ0v) is 16.7. The molecule has 1 atom stereocenters. The van der Waals surface area contributed by atoms with Gasteiger partial charge in [-0.15, -0.1) is 0 Å². The number of carbonyl (C=O) groups excluding carboxylic acids is 1. The summed E-state index contributed by atoms with van der Waals surface area (Å²) < 4.78 is 19.3. The average molecular weight is 398 g/mol. The van der Waals surface area contributed by atoms with Gasteiger partial charge in [0, 0.05) is 24.3 Å². The number of aromatic hydroxyl groups is 1. The van der Waals surface area contributed by atoms with E-state index in [9.17, 15) is 14.3 Å². The molecule has 1 N–H and O–H groups in total. The van der Waals surface area contributed by atoms with E-state index in [1.165, 1.54) is 12.1 Å². The van der Waals surface area contributed by atoms with Crippen LogP contribution >= 0.6 is 0 Å². The summed E-state index contributed by atoms with van der Waals surface area (Å²) in [7, 11) is 0. The maximum atomic E-state index is 13.3. The Labute approximate surface area is 170 Å². The summed E-state index contributed by atoms with van der Waals surface area (Å²) in [5.41, 5.74) is 2.30. The fourth-order valence-electron chi connectivity index (χ4n) is 4.30. The first-order valence-electron chi connectivity index (χ1n) is 10.1. The van der Waals surface area contributed by atoms with Gasteiger partial charge in [-0.2, -0.15) is 0 Å². The Bertz CT molecular complexity index is 886. The van der Waals surface area contributed by atoms with Gasteiger partial charge in [0.2, 0.25) is 0 Å². The van der Waals surface area contributed by atoms with Gasteiger partial charge >= 0.3 is 0 Å². The number of benzene rings is 2. The van der Waals surface area contributed by atoms with Crippen LogP contribution in [0.3, 0.4) is 0 Å². The van der Waals surface area contributed by atoms with E-state index in [1.54, 1.807) is 23.1 Å². The lowest BCUT2D eigenvalue weighted by Crippen LogP contribution is -2.55. The van der Waals surface area contributed by atoms with Gasteiger partial charge in [0.05, 0.1) is 12.1 Å². The van der Waals surface area contributed by atoms with Gasteiger partial charge in [-0.25, -0.2) is 4.39 Å². The number of ether oxygens (including phenoxy) is 1. The van der Waals surface area contributed by atoms with Gasteiger partial charge in [-0.1, -0.05) is 12.1 Å². The van der Waals surface area contributed by atoms with Crippen molar-refractivity contribution < 1.29 is 19.0 Å². The van der Waals surface area contributed by atoms with Crippen LogP contribution < -0.4 is 4.90 Å². The van der Waals surface area contributed by atoms with E-state index in [4.69, 9.17) is 4.74 Å². The molecule has 0 aromatic heterocycles. The standard InChI is InChI=1S/C23H27FN2O3/c1-17-3-4-18(21(27)13-17)14-25-11-2-9-23(10-12-25)16-26(22(28)15-29-23)20-7-5-19(24)6-8-20/h3-8,13,27H,2,9-12,14-16H2,1H3. The molecule has 1 spiro atoms. The highest BCUT2D eigenvalue weighted by molar-refractivity contribution is 5.95. The monoisotopic (exact) mass is 398 g/mol. The molecule has 6 heteroatoms. The van der Waals surface area contributed by atoms with Gasteiger partial charge in [-0.05, 0) is 68.6 Å². The first kappa shape index (κ1) is 19.9. The molecule has 2 saturated heterocycles. The third-order valence-electron chi connectivity index (χ3n) is 6.01. The van der Waals surface area contributed by atoms with Crippen LogP contribution in [0.15, 0.2) is 42.5 Å². The van der Waals surface area contributed by atoms with Crippen LogP contribution in [0.4, 0.5) is 10.1 Å². The minimum Gasteiger partial charge on any atom is -0.508 e. The number of phenolic OH excluding ortho intramolecular Hbond substituents is 1. The van der Waals surface area contributed by atoms with E-state index < -0.39 is 0 Å². The highest BCUT2D eigenvalue weighted by atomic mass is 19.1. The zero-order chi connectivity index (χ0) is 20.4. The van der Waals surface area contributed by atoms with E-state index in [2.05, 4.69) is 4.90 Å². The lowest BCUT2D eigenvalue weighted by molar-refractivity contribution is -0.140. The second-order valence-corrected chi connectivity index (χ2v) is 8.19. The molecule has 0 aliphatic carbocycles. The summed E-state index contributed by atoms with van der Waals surface area (Å²) in [4.78, 5) is 16.5. The predicted molar refractivity (Wildman–Crippen MR) is 109 cm³/mol. The molecular weight excluding hydrogens is 371 g/mol. The van der Waals surface area contributed by atoms with E-state index in [-0.39, 0.29) is 23.9 Å². The Kier molecular flexibility index (Phi) is 5.56. The van der Waals surface area contributed by atoms with Gasteiger partial charge in [0.15, 0.2) is 0 Å². The van der Waals surface area contributed by atoms with Crippen molar-refractivity contribution in [2.24, 2.45) is 0 Å². The number of carbonyl (C=O) groups is 1. The number of hydrogen-bond acceptors (Lipinski definition) is 4. The molecule has 1 amide bonds. The number of morpholine rings is 1. The third-order valence-corrected chi connectivity index (χ3v) is 6.01. The van der Waals surface area contributed by atoms with Crippen molar-refractivity contribution in [1.29, 1.82) is 0 Å². The first-order chi connectivity index (χ1) is 13.9. The van der Waals surface area contributed by atoms with Crippen molar-refractivity contribution in [2.45, 2.75) is 38.3 Å². The molecule has 0 saturated carbocycles. The molecule has 5 nitrogen and oxygen atoms in total. The molecule has 2 aliphatic rings. The number of rotatable bonds is 3. The lowest BCUT2D eigenvalue weighted by Gasteiger charge is -2.42. The van der Waals surface area contributed by atoms with Crippen LogP contribution in [-0.4, -0.2) is 47.8 Å². The molecule has 0 bridgehead atoms. The van der Waals surface area contributed by atoms with Crippen LogP contribution in [0.25, 0.3) is 0 Å². The van der Waals surface area contributed by atoms with Crippen LogP contribution in [0.1, 0.15) is 30.4 Å². The summed E-state index contributed by atoms with van der Waals surface area (Å²) >= 11 is 0. The number of halogens is 1. The van der Waals surface area contributed by atoms with Crippen LogP contribution in [-0.2, 0) is 16.1 Å². The lowest BCUT2D eigenvalue weighted by atomic mass is 9.92. The smallest absolute Gasteiger partial charge is 0.253 e. The SMILES string of the molecule is Cc1ccc(CN2CCCC3(CC2)CN(c2ccc(F)cc2)C(=O)CO3)c(O)c1. The van der Waals surface area contributed by atoms with E-state index in [0.717, 1.165) is 43.5 Å². The van der Waals surface area contributed by atoms with Crippen LogP contribution in [0, 0.1) is 12.7 Å². The Hall–Kier alpha value is -2.44. The Morgan fingerprint density at radius 2 is 1.93 bits per heavy atom. The van der Waals surface area contributed by atoms with Crippen molar-refractivity contribution in [3.05, 3.63) is 59.4 Å².